The number of rotatable bonds is 3. The molecule has 0 radical (unpaired) electrons. The summed E-state index contributed by atoms with van der Waals surface area (Å²) < 4.78 is 1.28. The maximum Gasteiger partial charge on any atom is 0.0992 e. The van der Waals surface area contributed by atoms with Gasteiger partial charge in [-0.05, 0) is 35.1 Å². The summed E-state index contributed by atoms with van der Waals surface area (Å²) in [4.78, 5) is 4.60. The van der Waals surface area contributed by atoms with E-state index >= 15 is 0 Å². The number of aromatic nitrogens is 1. The lowest BCUT2D eigenvalue weighted by Gasteiger charge is -2.27. The van der Waals surface area contributed by atoms with Crippen LogP contribution in [0, 0.1) is 5.41 Å². The Bertz CT molecular complexity index is 994. The van der Waals surface area contributed by atoms with Crippen LogP contribution in [0.3, 0.4) is 0 Å². The Balaban J connectivity index is 0.000000185. The summed E-state index contributed by atoms with van der Waals surface area (Å²) in [6, 6.07) is 30.0. The SMILES string of the molecule is CC(C)(C)CC(c1ccccc1)c1ccccc1.CC(C)(C)c1nc2ccccc2s1. The Morgan fingerprint density at radius 1 is 0.677 bits per heavy atom. The van der Waals surface area contributed by atoms with Gasteiger partial charge in [0.05, 0.1) is 15.2 Å². The number of para-hydroxylation sites is 1. The number of hydrogen-bond donors (Lipinski definition) is 0. The van der Waals surface area contributed by atoms with Gasteiger partial charge in [0.1, 0.15) is 0 Å². The van der Waals surface area contributed by atoms with Gasteiger partial charge in [-0.2, -0.15) is 0 Å². The minimum Gasteiger partial charge on any atom is -0.241 e. The fraction of sp³-hybridized carbons (Fsp3) is 0.345. The van der Waals surface area contributed by atoms with Gasteiger partial charge in [-0.15, -0.1) is 11.3 Å². The van der Waals surface area contributed by atoms with Crippen LogP contribution in [-0.4, -0.2) is 4.98 Å². The molecule has 3 aromatic carbocycles. The molecule has 0 spiro atoms. The van der Waals surface area contributed by atoms with Crippen molar-refractivity contribution in [2.24, 2.45) is 5.41 Å². The number of nitrogens with zero attached hydrogens (tertiary/aromatic N) is 1. The molecular formula is C29H35NS. The smallest absolute Gasteiger partial charge is 0.0992 e. The molecule has 4 rings (SSSR count). The molecular weight excluding hydrogens is 394 g/mol. The standard InChI is InChI=1S/C18H22.C11H13NS/c1-18(2,3)14-17(15-10-6-4-7-11-15)16-12-8-5-9-13-16;1-11(2,3)10-12-8-6-4-5-7-9(8)13-10/h4-13,17H,14H2,1-3H3;4-7H,1-3H3. The Morgan fingerprint density at radius 3 is 1.61 bits per heavy atom. The van der Waals surface area contributed by atoms with Crippen molar-refractivity contribution in [2.75, 3.05) is 0 Å². The van der Waals surface area contributed by atoms with E-state index in [0.717, 1.165) is 5.52 Å². The van der Waals surface area contributed by atoms with E-state index in [1.807, 2.05) is 6.07 Å². The predicted octanol–water partition coefficient (Wildman–Crippen LogP) is 8.85. The largest absolute Gasteiger partial charge is 0.241 e. The average Bonchev–Trinajstić information content (AvgIpc) is 3.18. The van der Waals surface area contributed by atoms with Crippen LogP contribution in [0.5, 0.6) is 0 Å². The van der Waals surface area contributed by atoms with Crippen LogP contribution in [0.15, 0.2) is 84.9 Å². The molecule has 0 N–H and O–H groups in total. The Labute approximate surface area is 192 Å². The van der Waals surface area contributed by atoms with Crippen molar-refractivity contribution in [3.8, 4) is 0 Å². The van der Waals surface area contributed by atoms with Crippen LogP contribution < -0.4 is 0 Å². The molecule has 1 aromatic heterocycles. The summed E-state index contributed by atoms with van der Waals surface area (Å²) in [7, 11) is 0. The van der Waals surface area contributed by atoms with Gasteiger partial charge in [0.25, 0.3) is 0 Å². The van der Waals surface area contributed by atoms with Crippen molar-refractivity contribution in [2.45, 2.75) is 59.3 Å². The molecule has 1 heterocycles. The lowest BCUT2D eigenvalue weighted by atomic mass is 9.78. The van der Waals surface area contributed by atoms with Crippen molar-refractivity contribution in [1.29, 1.82) is 0 Å². The zero-order chi connectivity index (χ0) is 22.5. The first kappa shape index (κ1) is 23.2. The Hall–Kier alpha value is -2.45. The minimum atomic E-state index is 0.170. The molecule has 1 nitrogen and oxygen atoms in total. The van der Waals surface area contributed by atoms with Gasteiger partial charge >= 0.3 is 0 Å². The zero-order valence-corrected chi connectivity index (χ0v) is 20.5. The summed E-state index contributed by atoms with van der Waals surface area (Å²) in [6.07, 6.45) is 1.17. The number of benzene rings is 3. The van der Waals surface area contributed by atoms with Gasteiger partial charge in [-0.3, -0.25) is 0 Å². The molecule has 0 unspecified atom stereocenters. The molecule has 0 saturated carbocycles. The van der Waals surface area contributed by atoms with Gasteiger partial charge in [0, 0.05) is 11.3 Å². The average molecular weight is 430 g/mol. The molecule has 0 saturated heterocycles. The number of thiazole rings is 1. The predicted molar refractivity (Wildman–Crippen MR) is 137 cm³/mol. The molecule has 162 valence electrons. The number of hydrogen-bond acceptors (Lipinski definition) is 2. The molecule has 0 fully saturated rings. The Morgan fingerprint density at radius 2 is 1.16 bits per heavy atom. The van der Waals surface area contributed by atoms with Crippen LogP contribution in [0.4, 0.5) is 0 Å². The van der Waals surface area contributed by atoms with E-state index in [1.54, 1.807) is 11.3 Å². The third-order valence-electron chi connectivity index (χ3n) is 5.16. The van der Waals surface area contributed by atoms with E-state index in [-0.39, 0.29) is 5.41 Å². The second-order valence-electron chi connectivity index (χ2n) is 10.4. The summed E-state index contributed by atoms with van der Waals surface area (Å²) >= 11 is 1.79. The monoisotopic (exact) mass is 429 g/mol. The van der Waals surface area contributed by atoms with Gasteiger partial charge in [0.2, 0.25) is 0 Å². The van der Waals surface area contributed by atoms with Gasteiger partial charge in [0.15, 0.2) is 0 Å². The van der Waals surface area contributed by atoms with Gasteiger partial charge in [-0.1, -0.05) is 114 Å². The second-order valence-corrected chi connectivity index (χ2v) is 11.4. The van der Waals surface area contributed by atoms with E-state index in [2.05, 4.69) is 125 Å². The Kier molecular flexibility index (Phi) is 7.33. The van der Waals surface area contributed by atoms with E-state index in [1.165, 1.54) is 27.3 Å². The van der Waals surface area contributed by atoms with E-state index in [4.69, 9.17) is 0 Å². The van der Waals surface area contributed by atoms with Crippen molar-refractivity contribution < 1.29 is 0 Å². The van der Waals surface area contributed by atoms with Crippen LogP contribution in [0.1, 0.15) is 70.0 Å². The normalized spacial score (nSPS) is 12.0. The maximum absolute atomic E-state index is 4.60. The van der Waals surface area contributed by atoms with Gasteiger partial charge < -0.3 is 0 Å². The highest BCUT2D eigenvalue weighted by Gasteiger charge is 2.21. The highest BCUT2D eigenvalue weighted by Crippen LogP contribution is 2.36. The second kappa shape index (κ2) is 9.78. The molecule has 0 aliphatic carbocycles. The van der Waals surface area contributed by atoms with Crippen LogP contribution >= 0.6 is 11.3 Å². The zero-order valence-electron chi connectivity index (χ0n) is 19.7. The van der Waals surface area contributed by atoms with Crippen molar-refractivity contribution >= 4 is 21.6 Å². The highest BCUT2D eigenvalue weighted by atomic mass is 32.1. The quantitative estimate of drug-likeness (QED) is 0.317. The molecule has 31 heavy (non-hydrogen) atoms. The third-order valence-corrected chi connectivity index (χ3v) is 6.62. The third kappa shape index (κ3) is 6.77. The van der Waals surface area contributed by atoms with Crippen molar-refractivity contribution in [3.05, 3.63) is 101 Å². The van der Waals surface area contributed by atoms with Gasteiger partial charge in [-0.25, -0.2) is 4.98 Å². The van der Waals surface area contributed by atoms with Crippen molar-refractivity contribution in [3.63, 3.8) is 0 Å². The first-order valence-electron chi connectivity index (χ1n) is 11.1. The molecule has 0 amide bonds. The van der Waals surface area contributed by atoms with Crippen LogP contribution in [0.2, 0.25) is 0 Å². The summed E-state index contributed by atoms with van der Waals surface area (Å²) in [6.45, 7) is 13.5. The highest BCUT2D eigenvalue weighted by molar-refractivity contribution is 7.18. The summed E-state index contributed by atoms with van der Waals surface area (Å²) in [5, 5.41) is 1.22. The topological polar surface area (TPSA) is 12.9 Å². The molecule has 4 aromatic rings. The van der Waals surface area contributed by atoms with E-state index in [9.17, 15) is 0 Å². The minimum absolute atomic E-state index is 0.170. The summed E-state index contributed by atoms with van der Waals surface area (Å²) in [5.41, 5.74) is 4.45. The molecule has 0 bridgehead atoms. The summed E-state index contributed by atoms with van der Waals surface area (Å²) in [5.74, 6) is 0.493. The molecule has 0 aliphatic heterocycles. The molecule has 2 heteroatoms. The molecule has 0 atom stereocenters. The first-order valence-corrected chi connectivity index (χ1v) is 11.9. The maximum atomic E-state index is 4.60. The lowest BCUT2D eigenvalue weighted by Crippen LogP contribution is -2.13. The van der Waals surface area contributed by atoms with Crippen LogP contribution in [0.25, 0.3) is 10.2 Å². The molecule has 0 aliphatic rings. The fourth-order valence-electron chi connectivity index (χ4n) is 3.60. The number of fused-ring (bicyclic) bond motifs is 1. The van der Waals surface area contributed by atoms with E-state index < -0.39 is 0 Å². The van der Waals surface area contributed by atoms with E-state index in [0.29, 0.717) is 11.3 Å². The van der Waals surface area contributed by atoms with Crippen molar-refractivity contribution in [1.82, 2.24) is 4.98 Å². The lowest BCUT2D eigenvalue weighted by molar-refractivity contribution is 0.357. The fourth-order valence-corrected chi connectivity index (χ4v) is 4.63. The van der Waals surface area contributed by atoms with Crippen LogP contribution in [-0.2, 0) is 5.41 Å². The first-order chi connectivity index (χ1) is 14.6.